The van der Waals surface area contributed by atoms with Crippen molar-refractivity contribution in [2.75, 3.05) is 26.2 Å². The van der Waals surface area contributed by atoms with Crippen LogP contribution < -0.4 is 0 Å². The van der Waals surface area contributed by atoms with Crippen molar-refractivity contribution < 1.29 is 0 Å². The van der Waals surface area contributed by atoms with Gasteiger partial charge in [0.05, 0.1) is 6.20 Å². The van der Waals surface area contributed by atoms with Crippen LogP contribution in [-0.2, 0) is 20.1 Å². The molecular weight excluding hydrogens is 316 g/mol. The molecule has 0 radical (unpaired) electrons. The van der Waals surface area contributed by atoms with Gasteiger partial charge in [-0.1, -0.05) is 0 Å². The largest absolute Gasteiger partial charge is 0.298 e. The minimum Gasteiger partial charge on any atom is -0.298 e. The Morgan fingerprint density at radius 3 is 2.67 bits per heavy atom. The quantitative estimate of drug-likeness (QED) is 0.851. The van der Waals surface area contributed by atoms with E-state index < -0.39 is 0 Å². The van der Waals surface area contributed by atoms with Gasteiger partial charge in [0.15, 0.2) is 0 Å². The van der Waals surface area contributed by atoms with Crippen LogP contribution in [0.3, 0.4) is 0 Å². The van der Waals surface area contributed by atoms with Crippen LogP contribution in [-0.4, -0.2) is 45.8 Å². The van der Waals surface area contributed by atoms with Crippen LogP contribution in [0.25, 0.3) is 0 Å². The van der Waals surface area contributed by atoms with E-state index in [0.29, 0.717) is 5.41 Å². The van der Waals surface area contributed by atoms with Crippen molar-refractivity contribution in [1.82, 2.24) is 19.6 Å². The van der Waals surface area contributed by atoms with Crippen LogP contribution in [0.5, 0.6) is 0 Å². The number of piperidine rings is 1. The third-order valence-electron chi connectivity index (χ3n) is 5.60. The molecule has 2 aromatic rings. The molecule has 0 aromatic carbocycles. The average molecular weight is 345 g/mol. The van der Waals surface area contributed by atoms with Crippen LogP contribution in [0, 0.1) is 12.3 Å². The van der Waals surface area contributed by atoms with Gasteiger partial charge in [-0.2, -0.15) is 5.10 Å². The summed E-state index contributed by atoms with van der Waals surface area (Å²) in [4.78, 5) is 8.28. The van der Waals surface area contributed by atoms with Gasteiger partial charge < -0.3 is 0 Å². The lowest BCUT2D eigenvalue weighted by molar-refractivity contribution is 0.0867. The Morgan fingerprint density at radius 1 is 1.12 bits per heavy atom. The zero-order valence-corrected chi connectivity index (χ0v) is 15.7. The molecule has 1 atom stereocenters. The van der Waals surface area contributed by atoms with Gasteiger partial charge in [0, 0.05) is 54.7 Å². The molecule has 5 heteroatoms. The maximum absolute atomic E-state index is 4.31. The molecule has 0 aliphatic carbocycles. The number of aromatic nitrogens is 2. The van der Waals surface area contributed by atoms with Gasteiger partial charge in [-0.05, 0) is 56.8 Å². The lowest BCUT2D eigenvalue weighted by Crippen LogP contribution is -2.44. The summed E-state index contributed by atoms with van der Waals surface area (Å²) < 4.78 is 1.91. The fourth-order valence-corrected chi connectivity index (χ4v) is 5.48. The van der Waals surface area contributed by atoms with E-state index in [4.69, 9.17) is 0 Å². The summed E-state index contributed by atoms with van der Waals surface area (Å²) >= 11 is 1.95. The summed E-state index contributed by atoms with van der Waals surface area (Å²) in [7, 11) is 2.00. The van der Waals surface area contributed by atoms with Gasteiger partial charge in [0.25, 0.3) is 0 Å². The Hall–Kier alpha value is -1.17. The minimum atomic E-state index is 0.521. The number of hydrogen-bond acceptors (Lipinski definition) is 4. The molecule has 130 valence electrons. The molecule has 0 saturated carbocycles. The molecule has 0 N–H and O–H groups in total. The number of rotatable bonds is 4. The molecule has 4 heterocycles. The summed E-state index contributed by atoms with van der Waals surface area (Å²) in [6.07, 6.45) is 8.27. The van der Waals surface area contributed by atoms with Gasteiger partial charge in [-0.25, -0.2) is 0 Å². The molecule has 24 heavy (non-hydrogen) atoms. The first-order chi connectivity index (χ1) is 11.6. The van der Waals surface area contributed by atoms with Gasteiger partial charge in [-0.3, -0.25) is 14.5 Å². The highest BCUT2D eigenvalue weighted by atomic mass is 32.1. The third kappa shape index (κ3) is 3.58. The molecule has 0 amide bonds. The molecule has 1 unspecified atom stereocenters. The van der Waals surface area contributed by atoms with Crippen molar-refractivity contribution in [1.29, 1.82) is 0 Å². The van der Waals surface area contributed by atoms with Gasteiger partial charge in [-0.15, -0.1) is 11.3 Å². The van der Waals surface area contributed by atoms with Gasteiger partial charge in [0.2, 0.25) is 0 Å². The second-order valence-electron chi connectivity index (χ2n) is 7.81. The molecular formula is C19H28N4S. The van der Waals surface area contributed by atoms with E-state index in [0.717, 1.165) is 13.1 Å². The second kappa shape index (κ2) is 6.62. The highest BCUT2D eigenvalue weighted by molar-refractivity contribution is 7.11. The first kappa shape index (κ1) is 16.3. The number of hydrogen-bond donors (Lipinski definition) is 0. The van der Waals surface area contributed by atoms with Crippen molar-refractivity contribution in [2.45, 2.75) is 39.3 Å². The molecule has 1 spiro atoms. The number of aryl methyl sites for hydroxylation is 2. The van der Waals surface area contributed by atoms with E-state index in [9.17, 15) is 0 Å². The Morgan fingerprint density at radius 2 is 1.96 bits per heavy atom. The van der Waals surface area contributed by atoms with E-state index in [1.165, 1.54) is 60.8 Å². The van der Waals surface area contributed by atoms with Crippen LogP contribution in [0.2, 0.25) is 0 Å². The number of likely N-dealkylation sites (tertiary alicyclic amines) is 2. The van der Waals surface area contributed by atoms with Crippen LogP contribution in [0.15, 0.2) is 24.5 Å². The third-order valence-corrected chi connectivity index (χ3v) is 6.58. The van der Waals surface area contributed by atoms with E-state index in [-0.39, 0.29) is 0 Å². The zero-order chi connectivity index (χ0) is 16.6. The molecule has 2 aromatic heterocycles. The molecule has 2 aliphatic rings. The van der Waals surface area contributed by atoms with Crippen molar-refractivity contribution in [3.05, 3.63) is 39.8 Å². The molecule has 2 aliphatic heterocycles. The first-order valence-electron chi connectivity index (χ1n) is 9.08. The smallest absolute Gasteiger partial charge is 0.0534 e. The Bertz CT molecular complexity index is 691. The van der Waals surface area contributed by atoms with Gasteiger partial charge >= 0.3 is 0 Å². The van der Waals surface area contributed by atoms with Gasteiger partial charge in [0.1, 0.15) is 0 Å². The summed E-state index contributed by atoms with van der Waals surface area (Å²) in [5.41, 5.74) is 1.87. The maximum atomic E-state index is 4.31. The topological polar surface area (TPSA) is 24.3 Å². The lowest BCUT2D eigenvalue weighted by atomic mass is 9.79. The predicted octanol–water partition coefficient (Wildman–Crippen LogP) is 3.28. The standard InChI is InChI=1S/C19H28N4S/c1-16-4-5-18(24-16)13-23-9-7-19(15-23)6-3-8-22(14-19)12-17-10-20-21(2)11-17/h4-5,10-11H,3,6-9,12-15H2,1-2H3. The van der Waals surface area contributed by atoms with Crippen LogP contribution in [0.4, 0.5) is 0 Å². The molecule has 0 bridgehead atoms. The molecule has 2 fully saturated rings. The molecule has 4 nitrogen and oxygen atoms in total. The number of thiophene rings is 1. The summed E-state index contributed by atoms with van der Waals surface area (Å²) in [6.45, 7) is 9.42. The van der Waals surface area contributed by atoms with E-state index in [1.807, 2.05) is 29.3 Å². The highest BCUT2D eigenvalue weighted by Gasteiger charge is 2.41. The van der Waals surface area contributed by atoms with Crippen LogP contribution in [0.1, 0.15) is 34.6 Å². The Balaban J connectivity index is 1.36. The normalized spacial score (nSPS) is 25.8. The molecule has 4 rings (SSSR count). The van der Waals surface area contributed by atoms with Crippen molar-refractivity contribution >= 4 is 11.3 Å². The van der Waals surface area contributed by atoms with Crippen molar-refractivity contribution in [3.63, 3.8) is 0 Å². The van der Waals surface area contributed by atoms with Crippen LogP contribution >= 0.6 is 11.3 Å². The summed E-state index contributed by atoms with van der Waals surface area (Å²) in [5, 5.41) is 4.31. The van der Waals surface area contributed by atoms with Crippen molar-refractivity contribution in [3.8, 4) is 0 Å². The summed E-state index contributed by atoms with van der Waals surface area (Å²) in [6, 6.07) is 4.56. The van der Waals surface area contributed by atoms with E-state index >= 15 is 0 Å². The average Bonchev–Trinajstić information content (AvgIpc) is 3.23. The minimum absolute atomic E-state index is 0.521. The Labute approximate surface area is 149 Å². The maximum Gasteiger partial charge on any atom is 0.0534 e. The number of nitrogens with zero attached hydrogens (tertiary/aromatic N) is 4. The molecule has 2 saturated heterocycles. The van der Waals surface area contributed by atoms with E-state index in [2.05, 4.69) is 40.2 Å². The van der Waals surface area contributed by atoms with E-state index in [1.54, 1.807) is 0 Å². The highest BCUT2D eigenvalue weighted by Crippen LogP contribution is 2.40. The monoisotopic (exact) mass is 344 g/mol. The second-order valence-corrected chi connectivity index (χ2v) is 9.18. The summed E-state index contributed by atoms with van der Waals surface area (Å²) in [5.74, 6) is 0. The fourth-order valence-electron chi connectivity index (χ4n) is 4.54. The lowest BCUT2D eigenvalue weighted by Gasteiger charge is -2.40. The fraction of sp³-hybridized carbons (Fsp3) is 0.632. The predicted molar refractivity (Wildman–Crippen MR) is 99.1 cm³/mol. The SMILES string of the molecule is Cc1ccc(CN2CCC3(CCCN(Cc4cnn(C)c4)C3)C2)s1. The zero-order valence-electron chi connectivity index (χ0n) is 14.9. The van der Waals surface area contributed by atoms with Crippen molar-refractivity contribution in [2.24, 2.45) is 12.5 Å². The Kier molecular flexibility index (Phi) is 4.50. The first-order valence-corrected chi connectivity index (χ1v) is 9.90.